The van der Waals surface area contributed by atoms with Gasteiger partial charge in [-0.15, -0.1) is 11.3 Å². The number of aryl methyl sites for hydroxylation is 1. The predicted octanol–water partition coefficient (Wildman–Crippen LogP) is 3.06. The molecule has 0 atom stereocenters. The number of nitrogens with zero attached hydrogens (tertiary/aromatic N) is 3. The summed E-state index contributed by atoms with van der Waals surface area (Å²) in [5.74, 6) is 0.181. The molecule has 1 saturated heterocycles. The summed E-state index contributed by atoms with van der Waals surface area (Å²) in [5.41, 5.74) is 1.80. The fraction of sp³-hybridized carbons (Fsp3) is 0.421. The molecule has 6 heteroatoms. The number of carbonyl (C=O) groups is 2. The topological polar surface area (TPSA) is 53.5 Å². The molecule has 3 rings (SSSR count). The summed E-state index contributed by atoms with van der Waals surface area (Å²) in [4.78, 5) is 33.9. The Hall–Kier alpha value is -2.21. The van der Waals surface area contributed by atoms with Crippen LogP contribution in [0.2, 0.25) is 0 Å². The Labute approximate surface area is 152 Å². The third kappa shape index (κ3) is 3.74. The molecule has 0 unspecified atom stereocenters. The zero-order chi connectivity index (χ0) is 18.0. The predicted molar refractivity (Wildman–Crippen MR) is 99.6 cm³/mol. The van der Waals surface area contributed by atoms with E-state index in [2.05, 4.69) is 4.98 Å². The monoisotopic (exact) mass is 357 g/mol. The van der Waals surface area contributed by atoms with Crippen molar-refractivity contribution in [1.29, 1.82) is 0 Å². The second kappa shape index (κ2) is 7.35. The Kier molecular flexibility index (Phi) is 5.18. The van der Waals surface area contributed by atoms with E-state index < -0.39 is 0 Å². The molecule has 1 aliphatic heterocycles. The molecule has 2 heterocycles. The maximum Gasteiger partial charge on any atom is 0.265 e. The van der Waals surface area contributed by atoms with Crippen molar-refractivity contribution in [3.05, 3.63) is 40.9 Å². The van der Waals surface area contributed by atoms with Crippen LogP contribution in [-0.2, 0) is 4.79 Å². The SMILES string of the molecule is Cc1nc(-c2ccccc2)sc1C(=O)N1CCN(C(=O)C(C)C)CC1. The van der Waals surface area contributed by atoms with E-state index in [1.807, 2.05) is 60.9 Å². The Morgan fingerprint density at radius 2 is 1.64 bits per heavy atom. The summed E-state index contributed by atoms with van der Waals surface area (Å²) >= 11 is 1.44. The molecule has 0 N–H and O–H groups in total. The highest BCUT2D eigenvalue weighted by molar-refractivity contribution is 7.17. The van der Waals surface area contributed by atoms with Gasteiger partial charge in [-0.1, -0.05) is 44.2 Å². The normalized spacial score (nSPS) is 14.9. The fourth-order valence-corrected chi connectivity index (χ4v) is 3.98. The van der Waals surface area contributed by atoms with Crippen molar-refractivity contribution >= 4 is 23.2 Å². The minimum atomic E-state index is -0.000535. The number of hydrogen-bond donors (Lipinski definition) is 0. The molecule has 0 saturated carbocycles. The smallest absolute Gasteiger partial charge is 0.265 e. The van der Waals surface area contributed by atoms with E-state index in [0.717, 1.165) is 16.3 Å². The summed E-state index contributed by atoms with van der Waals surface area (Å²) in [5, 5.41) is 0.870. The maximum absolute atomic E-state index is 12.9. The van der Waals surface area contributed by atoms with Crippen molar-refractivity contribution in [1.82, 2.24) is 14.8 Å². The molecule has 2 aromatic rings. The van der Waals surface area contributed by atoms with Crippen LogP contribution in [0.25, 0.3) is 10.6 Å². The van der Waals surface area contributed by atoms with Crippen molar-refractivity contribution in [3.8, 4) is 10.6 Å². The van der Waals surface area contributed by atoms with Gasteiger partial charge in [0.2, 0.25) is 5.91 Å². The second-order valence-electron chi connectivity index (χ2n) is 6.57. The molecule has 0 aliphatic carbocycles. The first-order valence-electron chi connectivity index (χ1n) is 8.58. The van der Waals surface area contributed by atoms with E-state index in [1.165, 1.54) is 11.3 Å². The van der Waals surface area contributed by atoms with Crippen LogP contribution in [0.5, 0.6) is 0 Å². The Balaban J connectivity index is 1.70. The third-order valence-corrected chi connectivity index (χ3v) is 5.58. The van der Waals surface area contributed by atoms with Gasteiger partial charge in [0.1, 0.15) is 9.88 Å². The molecule has 2 amide bonds. The highest BCUT2D eigenvalue weighted by Crippen LogP contribution is 2.28. The van der Waals surface area contributed by atoms with E-state index in [4.69, 9.17) is 0 Å². The van der Waals surface area contributed by atoms with Crippen LogP contribution < -0.4 is 0 Å². The lowest BCUT2D eigenvalue weighted by atomic mass is 10.1. The van der Waals surface area contributed by atoms with Crippen LogP contribution in [0, 0.1) is 12.8 Å². The first-order valence-corrected chi connectivity index (χ1v) is 9.40. The lowest BCUT2D eigenvalue weighted by Crippen LogP contribution is -2.51. The van der Waals surface area contributed by atoms with Crippen LogP contribution in [0.1, 0.15) is 29.2 Å². The lowest BCUT2D eigenvalue weighted by Gasteiger charge is -2.35. The number of aromatic nitrogens is 1. The first kappa shape index (κ1) is 17.6. The zero-order valence-electron chi connectivity index (χ0n) is 14.9. The summed E-state index contributed by atoms with van der Waals surface area (Å²) < 4.78 is 0. The minimum absolute atomic E-state index is 0.000535. The molecule has 0 radical (unpaired) electrons. The fourth-order valence-electron chi connectivity index (χ4n) is 2.94. The minimum Gasteiger partial charge on any atom is -0.339 e. The van der Waals surface area contributed by atoms with E-state index in [1.54, 1.807) is 0 Å². The van der Waals surface area contributed by atoms with Crippen LogP contribution in [0.4, 0.5) is 0 Å². The number of rotatable bonds is 3. The molecule has 1 aliphatic rings. The average molecular weight is 357 g/mol. The van der Waals surface area contributed by atoms with Crippen molar-refractivity contribution in [3.63, 3.8) is 0 Å². The number of carbonyl (C=O) groups excluding carboxylic acids is 2. The highest BCUT2D eigenvalue weighted by atomic mass is 32.1. The van der Waals surface area contributed by atoms with Gasteiger partial charge in [-0.05, 0) is 6.92 Å². The molecule has 1 fully saturated rings. The van der Waals surface area contributed by atoms with Crippen molar-refractivity contribution < 1.29 is 9.59 Å². The van der Waals surface area contributed by atoms with Gasteiger partial charge in [0.05, 0.1) is 5.69 Å². The van der Waals surface area contributed by atoms with Crippen LogP contribution in [0.3, 0.4) is 0 Å². The van der Waals surface area contributed by atoms with Crippen LogP contribution in [-0.4, -0.2) is 52.8 Å². The Bertz CT molecular complexity index is 762. The van der Waals surface area contributed by atoms with E-state index in [-0.39, 0.29) is 17.7 Å². The van der Waals surface area contributed by atoms with Gasteiger partial charge in [0.15, 0.2) is 0 Å². The molecule has 132 valence electrons. The van der Waals surface area contributed by atoms with Crippen molar-refractivity contribution in [2.24, 2.45) is 5.92 Å². The van der Waals surface area contributed by atoms with Gasteiger partial charge in [-0.25, -0.2) is 4.98 Å². The quantitative estimate of drug-likeness (QED) is 0.848. The molecular weight excluding hydrogens is 334 g/mol. The van der Waals surface area contributed by atoms with Gasteiger partial charge in [0, 0.05) is 37.7 Å². The summed E-state index contributed by atoms with van der Waals surface area (Å²) in [6, 6.07) is 9.91. The van der Waals surface area contributed by atoms with Gasteiger partial charge in [-0.2, -0.15) is 0 Å². The summed E-state index contributed by atoms with van der Waals surface area (Å²) in [6.07, 6.45) is 0. The number of hydrogen-bond acceptors (Lipinski definition) is 4. The van der Waals surface area contributed by atoms with Gasteiger partial charge in [-0.3, -0.25) is 9.59 Å². The van der Waals surface area contributed by atoms with Crippen LogP contribution in [0.15, 0.2) is 30.3 Å². The number of thiazole rings is 1. The average Bonchev–Trinajstić information content (AvgIpc) is 3.03. The summed E-state index contributed by atoms with van der Waals surface area (Å²) in [7, 11) is 0. The van der Waals surface area contributed by atoms with Gasteiger partial charge < -0.3 is 9.80 Å². The standard InChI is InChI=1S/C19H23N3O2S/c1-13(2)18(23)21-9-11-22(12-10-21)19(24)16-14(3)20-17(25-16)15-7-5-4-6-8-15/h4-8,13H,9-12H2,1-3H3. The molecular formula is C19H23N3O2S. The largest absolute Gasteiger partial charge is 0.339 e. The van der Waals surface area contributed by atoms with Gasteiger partial charge >= 0.3 is 0 Å². The number of piperazine rings is 1. The molecule has 1 aromatic heterocycles. The number of amides is 2. The van der Waals surface area contributed by atoms with E-state index >= 15 is 0 Å². The Morgan fingerprint density at radius 1 is 1.04 bits per heavy atom. The second-order valence-corrected chi connectivity index (χ2v) is 7.57. The molecule has 0 bridgehead atoms. The highest BCUT2D eigenvalue weighted by Gasteiger charge is 2.28. The molecule has 25 heavy (non-hydrogen) atoms. The molecule has 0 spiro atoms. The first-order chi connectivity index (χ1) is 12.0. The zero-order valence-corrected chi connectivity index (χ0v) is 15.7. The van der Waals surface area contributed by atoms with E-state index in [9.17, 15) is 9.59 Å². The molecule has 1 aromatic carbocycles. The molecule has 5 nitrogen and oxygen atoms in total. The number of benzene rings is 1. The van der Waals surface area contributed by atoms with E-state index in [0.29, 0.717) is 31.1 Å². The van der Waals surface area contributed by atoms with Gasteiger partial charge in [0.25, 0.3) is 5.91 Å². The van der Waals surface area contributed by atoms with Crippen molar-refractivity contribution in [2.45, 2.75) is 20.8 Å². The third-order valence-electron chi connectivity index (χ3n) is 4.38. The summed E-state index contributed by atoms with van der Waals surface area (Å²) in [6.45, 7) is 8.06. The van der Waals surface area contributed by atoms with Crippen LogP contribution >= 0.6 is 11.3 Å². The lowest BCUT2D eigenvalue weighted by molar-refractivity contribution is -0.135. The van der Waals surface area contributed by atoms with Crippen molar-refractivity contribution in [2.75, 3.05) is 26.2 Å². The maximum atomic E-state index is 12.9. The Morgan fingerprint density at radius 3 is 2.24 bits per heavy atom.